The van der Waals surface area contributed by atoms with Gasteiger partial charge in [0, 0.05) is 16.7 Å². The molecule has 2 N–H and O–H groups in total. The molecule has 1 unspecified atom stereocenters. The summed E-state index contributed by atoms with van der Waals surface area (Å²) in [6.07, 6.45) is -1.17. The largest absolute Gasteiger partial charge is 0.403 e. The van der Waals surface area contributed by atoms with Crippen LogP contribution in [0.3, 0.4) is 0 Å². The number of nitrogens with one attached hydrogen (secondary N) is 2. The lowest BCUT2D eigenvalue weighted by Crippen LogP contribution is -2.32. The maximum absolute atomic E-state index is 14.6. The van der Waals surface area contributed by atoms with E-state index in [-0.39, 0.29) is 17.5 Å². The number of benzene rings is 3. The molecule has 1 atom stereocenters. The molecule has 32 heavy (non-hydrogen) atoms. The van der Waals surface area contributed by atoms with Crippen molar-refractivity contribution in [3.05, 3.63) is 95.6 Å². The van der Waals surface area contributed by atoms with E-state index in [1.807, 2.05) is 0 Å². The van der Waals surface area contributed by atoms with Crippen molar-refractivity contribution in [3.8, 4) is 11.5 Å². The van der Waals surface area contributed by atoms with E-state index in [4.69, 9.17) is 4.42 Å². The Bertz CT molecular complexity index is 1330. The van der Waals surface area contributed by atoms with Crippen molar-refractivity contribution in [2.24, 2.45) is 4.99 Å². The molecular weight excluding hydrogens is 416 g/mol. The van der Waals surface area contributed by atoms with E-state index < -0.39 is 23.7 Å². The summed E-state index contributed by atoms with van der Waals surface area (Å²) in [6, 6.07) is 18.7. The second kappa shape index (κ2) is 8.03. The van der Waals surface area contributed by atoms with Gasteiger partial charge in [-0.25, -0.2) is 13.8 Å². The fraction of sp³-hybridized carbons (Fsp3) is 0.0435. The van der Waals surface area contributed by atoms with Gasteiger partial charge in [-0.3, -0.25) is 4.79 Å². The molecule has 5 rings (SSSR count). The van der Waals surface area contributed by atoms with Gasteiger partial charge in [0.25, 0.3) is 5.91 Å². The lowest BCUT2D eigenvalue weighted by molar-refractivity contribution is -0.116. The molecule has 9 heteroatoms. The van der Waals surface area contributed by atoms with E-state index in [1.54, 1.807) is 42.5 Å². The highest BCUT2D eigenvalue weighted by atomic mass is 19.1. The van der Waals surface area contributed by atoms with Gasteiger partial charge in [0.2, 0.25) is 12.1 Å². The number of anilines is 2. The molecule has 0 saturated heterocycles. The maximum Gasteiger partial charge on any atom is 0.317 e. The lowest BCUT2D eigenvalue weighted by Gasteiger charge is -2.11. The number of hydrogen-bond acceptors (Lipinski definition) is 6. The van der Waals surface area contributed by atoms with Crippen LogP contribution in [0.2, 0.25) is 0 Å². The number of nitrogens with zero attached hydrogens (tertiary/aromatic N) is 3. The Balaban J connectivity index is 1.52. The molecule has 1 aromatic heterocycles. The lowest BCUT2D eigenvalue weighted by atomic mass is 10.0. The van der Waals surface area contributed by atoms with Crippen LogP contribution in [0.5, 0.6) is 0 Å². The topological polar surface area (TPSA) is 92.4 Å². The smallest absolute Gasteiger partial charge is 0.317 e. The Kier molecular flexibility index (Phi) is 4.91. The summed E-state index contributed by atoms with van der Waals surface area (Å²) in [5.74, 6) is -1.20. The number of aliphatic imine (C=N–C) groups is 1. The van der Waals surface area contributed by atoms with Crippen LogP contribution >= 0.6 is 0 Å². The predicted molar refractivity (Wildman–Crippen MR) is 114 cm³/mol. The van der Waals surface area contributed by atoms with Gasteiger partial charge in [0.15, 0.2) is 0 Å². The van der Waals surface area contributed by atoms with Gasteiger partial charge in [-0.05, 0) is 42.5 Å². The number of hydrogen-bond donors (Lipinski definition) is 2. The van der Waals surface area contributed by atoms with Crippen molar-refractivity contribution >= 4 is 23.3 Å². The summed E-state index contributed by atoms with van der Waals surface area (Å²) < 4.78 is 33.3. The number of amides is 1. The first-order valence-electron chi connectivity index (χ1n) is 9.67. The molecule has 7 nitrogen and oxygen atoms in total. The van der Waals surface area contributed by atoms with Crippen molar-refractivity contribution < 1.29 is 18.0 Å². The van der Waals surface area contributed by atoms with Gasteiger partial charge >= 0.3 is 6.01 Å². The first kappa shape index (κ1) is 19.6. The third-order valence-corrected chi connectivity index (χ3v) is 4.85. The number of rotatable bonds is 4. The molecule has 1 aliphatic rings. The number of carbonyl (C=O) groups excluding carboxylic acids is 1. The third-order valence-electron chi connectivity index (χ3n) is 4.85. The summed E-state index contributed by atoms with van der Waals surface area (Å²) in [7, 11) is 0. The molecule has 2 heterocycles. The molecule has 0 saturated carbocycles. The maximum atomic E-state index is 14.6. The number of halogens is 2. The molecule has 0 spiro atoms. The summed E-state index contributed by atoms with van der Waals surface area (Å²) in [6.45, 7) is 0. The number of carbonyl (C=O) groups is 1. The average molecular weight is 431 g/mol. The normalized spacial score (nSPS) is 15.4. The Labute approximate surface area is 180 Å². The minimum atomic E-state index is -1.17. The third kappa shape index (κ3) is 3.71. The fourth-order valence-electron chi connectivity index (χ4n) is 3.33. The highest BCUT2D eigenvalue weighted by molar-refractivity contribution is 6.20. The van der Waals surface area contributed by atoms with E-state index in [0.29, 0.717) is 22.5 Å². The molecule has 158 valence electrons. The molecule has 0 radical (unpaired) electrons. The molecule has 0 bridgehead atoms. The van der Waals surface area contributed by atoms with Gasteiger partial charge in [-0.15, -0.1) is 5.10 Å². The van der Waals surface area contributed by atoms with Crippen LogP contribution in [0, 0.1) is 11.6 Å². The summed E-state index contributed by atoms with van der Waals surface area (Å²) in [4.78, 5) is 17.3. The second-order valence-electron chi connectivity index (χ2n) is 6.96. The summed E-state index contributed by atoms with van der Waals surface area (Å²) in [5, 5.41) is 13.4. The van der Waals surface area contributed by atoms with E-state index >= 15 is 0 Å². The first-order chi connectivity index (χ1) is 15.6. The molecule has 0 aliphatic carbocycles. The van der Waals surface area contributed by atoms with Crippen LogP contribution in [0.25, 0.3) is 11.5 Å². The van der Waals surface area contributed by atoms with Crippen molar-refractivity contribution in [2.45, 2.75) is 6.17 Å². The van der Waals surface area contributed by atoms with E-state index in [2.05, 4.69) is 25.8 Å². The van der Waals surface area contributed by atoms with E-state index in [9.17, 15) is 13.6 Å². The standard InChI is InChI=1S/C23H15F2N5O2/c24-14-11-9-13(10-12-14)22-29-30-23(32-22)28-20-21(31)26-18-8-4-2-6-16(18)19(27-20)15-5-1-3-7-17(15)25/h1-12,20H,(H,26,31)(H,28,30). The van der Waals surface area contributed by atoms with Gasteiger partial charge < -0.3 is 15.1 Å². The minimum Gasteiger partial charge on any atom is -0.403 e. The van der Waals surface area contributed by atoms with E-state index in [0.717, 1.165) is 0 Å². The van der Waals surface area contributed by atoms with Crippen LogP contribution in [0.4, 0.5) is 20.5 Å². The van der Waals surface area contributed by atoms with Crippen LogP contribution in [-0.4, -0.2) is 28.0 Å². The fourth-order valence-corrected chi connectivity index (χ4v) is 3.33. The zero-order chi connectivity index (χ0) is 22.1. The highest BCUT2D eigenvalue weighted by Crippen LogP contribution is 2.26. The van der Waals surface area contributed by atoms with Gasteiger partial charge in [0.1, 0.15) is 11.6 Å². The Morgan fingerprint density at radius 3 is 2.38 bits per heavy atom. The molecule has 1 amide bonds. The van der Waals surface area contributed by atoms with Crippen molar-refractivity contribution in [3.63, 3.8) is 0 Å². The van der Waals surface area contributed by atoms with Gasteiger partial charge in [-0.1, -0.05) is 35.4 Å². The van der Waals surface area contributed by atoms with Crippen molar-refractivity contribution in [2.75, 3.05) is 10.6 Å². The Morgan fingerprint density at radius 1 is 0.875 bits per heavy atom. The van der Waals surface area contributed by atoms with Gasteiger partial charge in [0.05, 0.1) is 11.4 Å². The Hall–Kier alpha value is -4.40. The highest BCUT2D eigenvalue weighted by Gasteiger charge is 2.28. The predicted octanol–water partition coefficient (Wildman–Crippen LogP) is 4.24. The molecule has 3 aromatic carbocycles. The zero-order valence-electron chi connectivity index (χ0n) is 16.4. The summed E-state index contributed by atoms with van der Waals surface area (Å²) in [5.41, 5.74) is 2.14. The SMILES string of the molecule is O=C1Nc2ccccc2C(c2ccccc2F)=NC1Nc1nnc(-c2ccc(F)cc2)o1. The average Bonchev–Trinajstić information content (AvgIpc) is 3.21. The zero-order valence-corrected chi connectivity index (χ0v) is 16.4. The van der Waals surface area contributed by atoms with Crippen LogP contribution in [0.15, 0.2) is 82.2 Å². The van der Waals surface area contributed by atoms with Crippen molar-refractivity contribution in [1.29, 1.82) is 0 Å². The molecule has 0 fully saturated rings. The molecule has 4 aromatic rings. The number of benzodiazepines with no additional fused rings is 1. The van der Waals surface area contributed by atoms with Crippen LogP contribution < -0.4 is 10.6 Å². The molecular formula is C23H15F2N5O2. The van der Waals surface area contributed by atoms with Crippen LogP contribution in [-0.2, 0) is 4.79 Å². The van der Waals surface area contributed by atoms with Crippen molar-refractivity contribution in [1.82, 2.24) is 10.2 Å². The molecule has 1 aliphatic heterocycles. The second-order valence-corrected chi connectivity index (χ2v) is 6.96. The minimum absolute atomic E-state index is 0.0629. The monoisotopic (exact) mass is 431 g/mol. The number of aromatic nitrogens is 2. The number of para-hydroxylation sites is 1. The van der Waals surface area contributed by atoms with Crippen LogP contribution in [0.1, 0.15) is 11.1 Å². The summed E-state index contributed by atoms with van der Waals surface area (Å²) >= 11 is 0. The number of fused-ring (bicyclic) bond motifs is 1. The first-order valence-corrected chi connectivity index (χ1v) is 9.67. The van der Waals surface area contributed by atoms with Gasteiger partial charge in [-0.2, -0.15) is 0 Å². The Morgan fingerprint density at radius 2 is 1.59 bits per heavy atom. The quantitative estimate of drug-likeness (QED) is 0.504. The van der Waals surface area contributed by atoms with E-state index in [1.165, 1.54) is 30.3 Å².